The maximum atomic E-state index is 13.2. The summed E-state index contributed by atoms with van der Waals surface area (Å²) in [6.07, 6.45) is 4.77. The number of hydrogen-bond donors (Lipinski definition) is 0. The van der Waals surface area contributed by atoms with Gasteiger partial charge in [-0.2, -0.15) is 0 Å². The number of rotatable bonds is 4. The molecule has 0 aromatic heterocycles. The van der Waals surface area contributed by atoms with Gasteiger partial charge < -0.3 is 19.4 Å². The Labute approximate surface area is 171 Å². The molecule has 7 heteroatoms. The molecule has 156 valence electrons. The van der Waals surface area contributed by atoms with Crippen LogP contribution >= 0.6 is 0 Å². The van der Waals surface area contributed by atoms with Crippen LogP contribution in [0, 0.1) is 0 Å². The van der Waals surface area contributed by atoms with Crippen LogP contribution in [0.25, 0.3) is 0 Å². The molecule has 7 nitrogen and oxygen atoms in total. The Morgan fingerprint density at radius 1 is 1.00 bits per heavy atom. The number of nitrogens with zero attached hydrogens (tertiary/aromatic N) is 3. The Hall–Kier alpha value is -2.57. The average Bonchev–Trinajstić information content (AvgIpc) is 3.42. The lowest BCUT2D eigenvalue weighted by Gasteiger charge is -2.38. The highest BCUT2D eigenvalue weighted by Crippen LogP contribution is 2.28. The molecule has 29 heavy (non-hydrogen) atoms. The molecule has 3 saturated heterocycles. The molecule has 0 N–H and O–H groups in total. The minimum Gasteiger partial charge on any atom is -0.496 e. The average molecular weight is 399 g/mol. The molecule has 0 radical (unpaired) electrons. The van der Waals surface area contributed by atoms with Gasteiger partial charge in [-0.3, -0.25) is 14.4 Å². The third-order valence-corrected chi connectivity index (χ3v) is 6.46. The standard InChI is InChI=1S/C22H29N3O4/c1-29-19-8-3-2-6-17(19)21(27)25-13-4-7-18(25)22(28)23-14-10-16(11-15-23)24-12-5-9-20(24)26/h2-3,6,8,16,18H,4-5,7,9-15H2,1H3. The normalized spacial score (nSPS) is 23.0. The van der Waals surface area contributed by atoms with Crippen molar-refractivity contribution in [3.05, 3.63) is 29.8 Å². The van der Waals surface area contributed by atoms with Gasteiger partial charge in [0.05, 0.1) is 12.7 Å². The SMILES string of the molecule is COc1ccccc1C(=O)N1CCCC1C(=O)N1CCC(N2CCCC2=O)CC1. The molecule has 3 amide bonds. The van der Waals surface area contributed by atoms with Gasteiger partial charge in [0.25, 0.3) is 5.91 Å². The van der Waals surface area contributed by atoms with Gasteiger partial charge in [0, 0.05) is 38.6 Å². The summed E-state index contributed by atoms with van der Waals surface area (Å²) in [4.78, 5) is 43.9. The van der Waals surface area contributed by atoms with Crippen LogP contribution < -0.4 is 4.74 Å². The van der Waals surface area contributed by atoms with Crippen LogP contribution in [0.5, 0.6) is 5.75 Å². The summed E-state index contributed by atoms with van der Waals surface area (Å²) < 4.78 is 5.33. The Bertz CT molecular complexity index is 788. The zero-order valence-electron chi connectivity index (χ0n) is 17.0. The summed E-state index contributed by atoms with van der Waals surface area (Å²) >= 11 is 0. The molecule has 0 aliphatic carbocycles. The summed E-state index contributed by atoms with van der Waals surface area (Å²) in [5.41, 5.74) is 0.501. The predicted octanol–water partition coefficient (Wildman–Crippen LogP) is 1.91. The van der Waals surface area contributed by atoms with Crippen LogP contribution in [-0.2, 0) is 9.59 Å². The largest absolute Gasteiger partial charge is 0.496 e. The van der Waals surface area contributed by atoms with E-state index in [0.29, 0.717) is 43.8 Å². The smallest absolute Gasteiger partial charge is 0.258 e. The van der Waals surface area contributed by atoms with E-state index in [4.69, 9.17) is 4.74 Å². The first-order valence-corrected chi connectivity index (χ1v) is 10.6. The predicted molar refractivity (Wildman–Crippen MR) is 108 cm³/mol. The van der Waals surface area contributed by atoms with Crippen LogP contribution in [0.3, 0.4) is 0 Å². The lowest BCUT2D eigenvalue weighted by atomic mass is 10.0. The number of methoxy groups -OCH3 is 1. The second-order valence-corrected chi connectivity index (χ2v) is 8.10. The second-order valence-electron chi connectivity index (χ2n) is 8.10. The molecule has 3 aliphatic rings. The van der Waals surface area contributed by atoms with Gasteiger partial charge in [0.2, 0.25) is 11.8 Å². The van der Waals surface area contributed by atoms with E-state index in [1.165, 1.54) is 0 Å². The third-order valence-electron chi connectivity index (χ3n) is 6.46. The lowest BCUT2D eigenvalue weighted by Crippen LogP contribution is -2.52. The fourth-order valence-electron chi connectivity index (χ4n) is 4.91. The number of amides is 3. The molecule has 3 heterocycles. The number of carbonyl (C=O) groups excluding carboxylic acids is 3. The van der Waals surface area contributed by atoms with Crippen molar-refractivity contribution in [1.82, 2.24) is 14.7 Å². The van der Waals surface area contributed by atoms with Gasteiger partial charge in [0.15, 0.2) is 0 Å². The molecule has 1 aromatic carbocycles. The molecule has 1 aromatic rings. The van der Waals surface area contributed by atoms with E-state index < -0.39 is 6.04 Å². The Kier molecular flexibility index (Phi) is 5.74. The first-order valence-electron chi connectivity index (χ1n) is 10.6. The number of para-hydroxylation sites is 1. The minimum absolute atomic E-state index is 0.0388. The van der Waals surface area contributed by atoms with Crippen molar-refractivity contribution in [1.29, 1.82) is 0 Å². The van der Waals surface area contributed by atoms with Crippen LogP contribution in [0.4, 0.5) is 0 Å². The van der Waals surface area contributed by atoms with Gasteiger partial charge in [-0.15, -0.1) is 0 Å². The molecule has 0 saturated carbocycles. The van der Waals surface area contributed by atoms with E-state index in [9.17, 15) is 14.4 Å². The Balaban J connectivity index is 1.40. The fraction of sp³-hybridized carbons (Fsp3) is 0.591. The van der Waals surface area contributed by atoms with E-state index in [1.54, 1.807) is 24.1 Å². The summed E-state index contributed by atoms with van der Waals surface area (Å²) in [6, 6.07) is 7.01. The molecular formula is C22H29N3O4. The second kappa shape index (κ2) is 8.43. The monoisotopic (exact) mass is 399 g/mol. The molecule has 3 aliphatic heterocycles. The van der Waals surface area contributed by atoms with Crippen molar-refractivity contribution in [2.75, 3.05) is 33.3 Å². The Morgan fingerprint density at radius 3 is 2.45 bits per heavy atom. The fourth-order valence-corrected chi connectivity index (χ4v) is 4.91. The van der Waals surface area contributed by atoms with Crippen molar-refractivity contribution in [3.8, 4) is 5.75 Å². The zero-order chi connectivity index (χ0) is 20.4. The van der Waals surface area contributed by atoms with E-state index in [-0.39, 0.29) is 23.8 Å². The molecule has 3 fully saturated rings. The number of hydrogen-bond acceptors (Lipinski definition) is 4. The highest BCUT2D eigenvalue weighted by atomic mass is 16.5. The van der Waals surface area contributed by atoms with E-state index >= 15 is 0 Å². The molecular weight excluding hydrogens is 370 g/mol. The van der Waals surface area contributed by atoms with Crippen LogP contribution in [0.1, 0.15) is 48.9 Å². The summed E-state index contributed by atoms with van der Waals surface area (Å²) in [5.74, 6) is 0.679. The number of ether oxygens (including phenoxy) is 1. The highest BCUT2D eigenvalue weighted by molar-refractivity contribution is 6.00. The van der Waals surface area contributed by atoms with Gasteiger partial charge >= 0.3 is 0 Å². The number of likely N-dealkylation sites (tertiary alicyclic amines) is 3. The third kappa shape index (κ3) is 3.82. The topological polar surface area (TPSA) is 70.2 Å². The molecule has 0 bridgehead atoms. The maximum Gasteiger partial charge on any atom is 0.258 e. The van der Waals surface area contributed by atoms with Crippen molar-refractivity contribution in [2.45, 2.75) is 50.6 Å². The summed E-state index contributed by atoms with van der Waals surface area (Å²) in [7, 11) is 1.55. The lowest BCUT2D eigenvalue weighted by molar-refractivity contribution is -0.137. The molecule has 1 atom stereocenters. The zero-order valence-corrected chi connectivity index (χ0v) is 17.0. The summed E-state index contributed by atoms with van der Waals surface area (Å²) in [5, 5.41) is 0. The van der Waals surface area contributed by atoms with E-state index in [1.807, 2.05) is 21.9 Å². The van der Waals surface area contributed by atoms with Crippen LogP contribution in [0.15, 0.2) is 24.3 Å². The highest BCUT2D eigenvalue weighted by Gasteiger charge is 2.39. The van der Waals surface area contributed by atoms with E-state index in [2.05, 4.69) is 0 Å². The maximum absolute atomic E-state index is 13.2. The molecule has 1 unspecified atom stereocenters. The minimum atomic E-state index is -0.405. The first kappa shape index (κ1) is 19.7. The summed E-state index contributed by atoms with van der Waals surface area (Å²) in [6.45, 7) is 2.74. The number of carbonyl (C=O) groups is 3. The van der Waals surface area contributed by atoms with Crippen molar-refractivity contribution in [3.63, 3.8) is 0 Å². The molecule has 4 rings (SSSR count). The first-order chi connectivity index (χ1) is 14.1. The van der Waals surface area contributed by atoms with Gasteiger partial charge in [-0.25, -0.2) is 0 Å². The number of benzene rings is 1. The number of piperidine rings is 1. The Morgan fingerprint density at radius 2 is 1.76 bits per heavy atom. The van der Waals surface area contributed by atoms with Gasteiger partial charge in [-0.05, 0) is 44.2 Å². The van der Waals surface area contributed by atoms with Crippen molar-refractivity contribution in [2.24, 2.45) is 0 Å². The van der Waals surface area contributed by atoms with Crippen molar-refractivity contribution >= 4 is 17.7 Å². The van der Waals surface area contributed by atoms with Crippen LogP contribution in [-0.4, -0.2) is 77.8 Å². The van der Waals surface area contributed by atoms with Gasteiger partial charge in [-0.1, -0.05) is 12.1 Å². The van der Waals surface area contributed by atoms with Crippen LogP contribution in [0.2, 0.25) is 0 Å². The quantitative estimate of drug-likeness (QED) is 0.776. The van der Waals surface area contributed by atoms with Gasteiger partial charge in [0.1, 0.15) is 11.8 Å². The molecule has 0 spiro atoms. The van der Waals surface area contributed by atoms with Crippen molar-refractivity contribution < 1.29 is 19.1 Å². The van der Waals surface area contributed by atoms with E-state index in [0.717, 1.165) is 32.2 Å².